The van der Waals surface area contributed by atoms with E-state index in [1.807, 2.05) is 0 Å². The number of carbonyl (C=O) groups excluding carboxylic acids is 1. The zero-order valence-corrected chi connectivity index (χ0v) is 8.66. The Bertz CT molecular complexity index is 378. The molecule has 1 aromatic rings. The summed E-state index contributed by atoms with van der Waals surface area (Å²) in [5.74, 6) is 0.518. The number of amides is 1. The van der Waals surface area contributed by atoms with Crippen molar-refractivity contribution in [3.05, 3.63) is 35.6 Å². The van der Waals surface area contributed by atoms with Gasteiger partial charge in [0.25, 0.3) is 0 Å². The normalized spacial score (nSPS) is 23.6. The fourth-order valence-electron chi connectivity index (χ4n) is 1.65. The lowest BCUT2D eigenvalue weighted by Crippen LogP contribution is -2.24. The summed E-state index contributed by atoms with van der Waals surface area (Å²) in [5, 5.41) is 2.81. The zero-order chi connectivity index (χ0) is 10.8. The average molecular weight is 207 g/mol. The van der Waals surface area contributed by atoms with E-state index in [1.165, 1.54) is 12.1 Å². The van der Waals surface area contributed by atoms with Crippen LogP contribution in [0.5, 0.6) is 0 Å². The molecule has 0 heterocycles. The summed E-state index contributed by atoms with van der Waals surface area (Å²) in [6, 6.07) is 6.29. The second kappa shape index (κ2) is 4.01. The monoisotopic (exact) mass is 207 g/mol. The molecule has 1 N–H and O–H groups in total. The standard InChI is InChI=1S/C12H14FNO/c1-8-5-11(8)12(15)14-7-9-3-2-4-10(13)6-9/h2-4,6,8,11H,5,7H2,1H3,(H,14,15). The molecule has 2 rings (SSSR count). The van der Waals surface area contributed by atoms with Crippen molar-refractivity contribution >= 4 is 5.91 Å². The molecule has 0 spiro atoms. The second-order valence-electron chi connectivity index (χ2n) is 4.17. The van der Waals surface area contributed by atoms with Crippen LogP contribution in [0.25, 0.3) is 0 Å². The Morgan fingerprint density at radius 2 is 2.33 bits per heavy atom. The Morgan fingerprint density at radius 1 is 1.60 bits per heavy atom. The maximum absolute atomic E-state index is 12.8. The van der Waals surface area contributed by atoms with Gasteiger partial charge in [0.15, 0.2) is 0 Å². The molecule has 2 unspecified atom stereocenters. The van der Waals surface area contributed by atoms with E-state index in [0.29, 0.717) is 12.5 Å². The minimum Gasteiger partial charge on any atom is -0.352 e. The van der Waals surface area contributed by atoms with Crippen molar-refractivity contribution in [1.29, 1.82) is 0 Å². The van der Waals surface area contributed by atoms with Crippen LogP contribution in [0.3, 0.4) is 0 Å². The molecule has 1 saturated carbocycles. The van der Waals surface area contributed by atoms with Crippen molar-refractivity contribution in [2.45, 2.75) is 19.9 Å². The predicted octanol–water partition coefficient (Wildman–Crippen LogP) is 2.10. The van der Waals surface area contributed by atoms with Gasteiger partial charge in [-0.2, -0.15) is 0 Å². The molecule has 3 heteroatoms. The Morgan fingerprint density at radius 3 is 2.93 bits per heavy atom. The first-order chi connectivity index (χ1) is 7.16. The highest BCUT2D eigenvalue weighted by molar-refractivity contribution is 5.81. The molecule has 1 amide bonds. The molecule has 80 valence electrons. The van der Waals surface area contributed by atoms with Gasteiger partial charge in [0.05, 0.1) is 0 Å². The number of hydrogen-bond donors (Lipinski definition) is 1. The molecule has 1 aromatic carbocycles. The van der Waals surface area contributed by atoms with Crippen LogP contribution in [0.2, 0.25) is 0 Å². The van der Waals surface area contributed by atoms with Gasteiger partial charge < -0.3 is 5.32 Å². The van der Waals surface area contributed by atoms with Crippen molar-refractivity contribution in [3.8, 4) is 0 Å². The van der Waals surface area contributed by atoms with E-state index in [9.17, 15) is 9.18 Å². The highest BCUT2D eigenvalue weighted by Crippen LogP contribution is 2.37. The molecule has 0 bridgehead atoms. The summed E-state index contributed by atoms with van der Waals surface area (Å²) in [6.07, 6.45) is 0.981. The predicted molar refractivity (Wildman–Crippen MR) is 55.5 cm³/mol. The lowest BCUT2D eigenvalue weighted by atomic mass is 10.2. The van der Waals surface area contributed by atoms with Crippen molar-refractivity contribution in [2.24, 2.45) is 11.8 Å². The van der Waals surface area contributed by atoms with Gasteiger partial charge in [0.1, 0.15) is 5.82 Å². The number of benzene rings is 1. The molecule has 1 fully saturated rings. The van der Waals surface area contributed by atoms with E-state index in [4.69, 9.17) is 0 Å². The Hall–Kier alpha value is -1.38. The molecule has 2 nitrogen and oxygen atoms in total. The summed E-state index contributed by atoms with van der Waals surface area (Å²) in [5.41, 5.74) is 0.802. The number of halogens is 1. The first-order valence-electron chi connectivity index (χ1n) is 5.19. The largest absolute Gasteiger partial charge is 0.352 e. The van der Waals surface area contributed by atoms with E-state index >= 15 is 0 Å². The highest BCUT2D eigenvalue weighted by atomic mass is 19.1. The summed E-state index contributed by atoms with van der Waals surface area (Å²) in [6.45, 7) is 2.48. The SMILES string of the molecule is CC1CC1C(=O)NCc1cccc(F)c1. The lowest BCUT2D eigenvalue weighted by molar-refractivity contribution is -0.122. The van der Waals surface area contributed by atoms with Gasteiger partial charge in [-0.25, -0.2) is 4.39 Å². The molecule has 15 heavy (non-hydrogen) atoms. The first-order valence-corrected chi connectivity index (χ1v) is 5.19. The van der Waals surface area contributed by atoms with E-state index in [2.05, 4.69) is 12.2 Å². The molecular formula is C12H14FNO. The lowest BCUT2D eigenvalue weighted by Gasteiger charge is -2.04. The number of nitrogens with one attached hydrogen (secondary N) is 1. The molecule has 0 saturated heterocycles. The van der Waals surface area contributed by atoms with Crippen LogP contribution in [0, 0.1) is 17.7 Å². The molecule has 2 atom stereocenters. The van der Waals surface area contributed by atoms with Gasteiger partial charge in [-0.3, -0.25) is 4.79 Å². The third kappa shape index (κ3) is 2.55. The van der Waals surface area contributed by atoms with Crippen LogP contribution in [-0.2, 0) is 11.3 Å². The van der Waals surface area contributed by atoms with E-state index in [0.717, 1.165) is 12.0 Å². The Labute approximate surface area is 88.5 Å². The molecular weight excluding hydrogens is 193 g/mol. The number of hydrogen-bond acceptors (Lipinski definition) is 1. The first kappa shape index (κ1) is 10.1. The topological polar surface area (TPSA) is 29.1 Å². The van der Waals surface area contributed by atoms with Crippen LogP contribution < -0.4 is 5.32 Å². The van der Waals surface area contributed by atoms with Crippen molar-refractivity contribution in [2.75, 3.05) is 0 Å². The van der Waals surface area contributed by atoms with Gasteiger partial charge in [-0.15, -0.1) is 0 Å². The summed E-state index contributed by atoms with van der Waals surface area (Å²) < 4.78 is 12.8. The Balaban J connectivity index is 1.85. The minimum absolute atomic E-state index is 0.0896. The smallest absolute Gasteiger partial charge is 0.223 e. The van der Waals surface area contributed by atoms with Gasteiger partial charge in [-0.1, -0.05) is 19.1 Å². The maximum atomic E-state index is 12.8. The molecule has 0 aliphatic heterocycles. The van der Waals surface area contributed by atoms with Crippen LogP contribution in [0.1, 0.15) is 18.9 Å². The van der Waals surface area contributed by atoms with Crippen molar-refractivity contribution in [3.63, 3.8) is 0 Å². The zero-order valence-electron chi connectivity index (χ0n) is 8.66. The molecule has 1 aliphatic carbocycles. The van der Waals surface area contributed by atoms with Crippen molar-refractivity contribution < 1.29 is 9.18 Å². The molecule has 0 aromatic heterocycles. The highest BCUT2D eigenvalue weighted by Gasteiger charge is 2.38. The van der Waals surface area contributed by atoms with Crippen molar-refractivity contribution in [1.82, 2.24) is 5.32 Å². The fraction of sp³-hybridized carbons (Fsp3) is 0.417. The Kier molecular flexibility index (Phi) is 2.71. The van der Waals surface area contributed by atoms with Crippen LogP contribution >= 0.6 is 0 Å². The third-order valence-electron chi connectivity index (χ3n) is 2.80. The van der Waals surface area contributed by atoms with E-state index < -0.39 is 0 Å². The average Bonchev–Trinajstić information content (AvgIpc) is 2.92. The number of rotatable bonds is 3. The van der Waals surface area contributed by atoms with Gasteiger partial charge in [0, 0.05) is 12.5 Å². The number of carbonyl (C=O) groups is 1. The van der Waals surface area contributed by atoms with Gasteiger partial charge in [0.2, 0.25) is 5.91 Å². The third-order valence-corrected chi connectivity index (χ3v) is 2.80. The minimum atomic E-state index is -0.262. The fourth-order valence-corrected chi connectivity index (χ4v) is 1.65. The van der Waals surface area contributed by atoms with Gasteiger partial charge >= 0.3 is 0 Å². The quantitative estimate of drug-likeness (QED) is 0.808. The van der Waals surface area contributed by atoms with Crippen LogP contribution in [-0.4, -0.2) is 5.91 Å². The summed E-state index contributed by atoms with van der Waals surface area (Å²) in [4.78, 5) is 11.5. The van der Waals surface area contributed by atoms with Crippen LogP contribution in [0.4, 0.5) is 4.39 Å². The van der Waals surface area contributed by atoms with E-state index in [-0.39, 0.29) is 17.6 Å². The maximum Gasteiger partial charge on any atom is 0.223 e. The molecule has 1 aliphatic rings. The summed E-state index contributed by atoms with van der Waals surface area (Å²) in [7, 11) is 0. The summed E-state index contributed by atoms with van der Waals surface area (Å²) >= 11 is 0. The van der Waals surface area contributed by atoms with Crippen LogP contribution in [0.15, 0.2) is 24.3 Å². The molecule has 0 radical (unpaired) electrons. The second-order valence-corrected chi connectivity index (χ2v) is 4.17. The van der Waals surface area contributed by atoms with Gasteiger partial charge in [-0.05, 0) is 30.0 Å². The van der Waals surface area contributed by atoms with E-state index in [1.54, 1.807) is 12.1 Å².